The number of aromatic amines is 2. The number of aromatic nitrogens is 2. The number of thiophene rings is 1. The molecule has 0 fully saturated rings. The molecule has 0 saturated carbocycles. The molecule has 0 radical (unpaired) electrons. The Morgan fingerprint density at radius 3 is 2.76 bits per heavy atom. The summed E-state index contributed by atoms with van der Waals surface area (Å²) in [6.45, 7) is 0. The summed E-state index contributed by atoms with van der Waals surface area (Å²) in [5.41, 5.74) is 3.50. The van der Waals surface area contributed by atoms with E-state index in [1.807, 2.05) is 18.2 Å². The van der Waals surface area contributed by atoms with E-state index in [1.165, 1.54) is 23.3 Å². The second kappa shape index (κ2) is 4.86. The zero-order valence-electron chi connectivity index (χ0n) is 11.5. The molecule has 3 N–H and O–H groups in total. The fourth-order valence-corrected chi connectivity index (χ4v) is 4.30. The number of aliphatic hydroxyl groups excluding tert-OH is 1. The molecule has 4 nitrogen and oxygen atoms in total. The lowest BCUT2D eigenvalue weighted by molar-refractivity contribution is 0.224. The number of benzene rings is 1. The van der Waals surface area contributed by atoms with Gasteiger partial charge in [-0.1, -0.05) is 6.07 Å². The molecular formula is C16H16N2O2S. The van der Waals surface area contributed by atoms with Crippen molar-refractivity contribution in [2.45, 2.75) is 31.8 Å². The zero-order valence-corrected chi connectivity index (χ0v) is 12.3. The molecule has 1 aliphatic carbocycles. The molecule has 1 aliphatic rings. The quantitative estimate of drug-likeness (QED) is 0.681. The molecule has 4 rings (SSSR count). The normalized spacial score (nSPS) is 16.0. The van der Waals surface area contributed by atoms with E-state index in [9.17, 15) is 9.90 Å². The number of nitrogens with one attached hydrogen (secondary N) is 2. The van der Waals surface area contributed by atoms with Crippen LogP contribution in [-0.4, -0.2) is 15.1 Å². The Morgan fingerprint density at radius 2 is 1.90 bits per heavy atom. The summed E-state index contributed by atoms with van der Waals surface area (Å²) in [6, 6.07) is 7.69. The summed E-state index contributed by atoms with van der Waals surface area (Å²) >= 11 is 1.72. The van der Waals surface area contributed by atoms with Crippen LogP contribution in [0, 0.1) is 0 Å². The lowest BCUT2D eigenvalue weighted by atomic mass is 9.98. The highest BCUT2D eigenvalue weighted by molar-refractivity contribution is 7.12. The van der Waals surface area contributed by atoms with Crippen molar-refractivity contribution in [1.29, 1.82) is 0 Å². The molecule has 108 valence electrons. The van der Waals surface area contributed by atoms with E-state index in [0.717, 1.165) is 34.3 Å². The topological polar surface area (TPSA) is 68.9 Å². The van der Waals surface area contributed by atoms with Gasteiger partial charge in [0.2, 0.25) is 0 Å². The first-order valence-electron chi connectivity index (χ1n) is 7.22. The molecule has 0 aliphatic heterocycles. The van der Waals surface area contributed by atoms with E-state index in [2.05, 4.69) is 16.0 Å². The van der Waals surface area contributed by atoms with Gasteiger partial charge in [0.25, 0.3) is 0 Å². The molecule has 2 heterocycles. The standard InChI is InChI=1S/C16H16N2O2S/c19-15(14-8-9-3-1-2-4-13(9)21-14)10-5-6-11-12(7-10)18-16(20)17-11/h5-8,15,19H,1-4H2,(H2,17,18,20). The first-order valence-corrected chi connectivity index (χ1v) is 8.04. The third-order valence-corrected chi connectivity index (χ3v) is 5.43. The van der Waals surface area contributed by atoms with E-state index in [1.54, 1.807) is 11.3 Å². The predicted octanol–water partition coefficient (Wildman–Crippen LogP) is 2.88. The lowest BCUT2D eigenvalue weighted by Gasteiger charge is -2.08. The van der Waals surface area contributed by atoms with Crippen LogP contribution in [0.1, 0.15) is 39.8 Å². The highest BCUT2D eigenvalue weighted by Crippen LogP contribution is 2.35. The number of rotatable bonds is 2. The van der Waals surface area contributed by atoms with Gasteiger partial charge in [0.1, 0.15) is 6.10 Å². The SMILES string of the molecule is O=c1[nH]c2ccc(C(O)c3cc4c(s3)CCCC4)cc2[nH]1. The first-order chi connectivity index (χ1) is 10.2. The summed E-state index contributed by atoms with van der Waals surface area (Å²) in [5.74, 6) is 0. The molecular weight excluding hydrogens is 284 g/mol. The van der Waals surface area contributed by atoms with Crippen molar-refractivity contribution < 1.29 is 5.11 Å². The van der Waals surface area contributed by atoms with E-state index in [4.69, 9.17) is 0 Å². The summed E-state index contributed by atoms with van der Waals surface area (Å²) in [4.78, 5) is 19.2. The molecule has 5 heteroatoms. The molecule has 1 unspecified atom stereocenters. The number of hydrogen-bond donors (Lipinski definition) is 3. The summed E-state index contributed by atoms with van der Waals surface area (Å²) in [7, 11) is 0. The van der Waals surface area contributed by atoms with Gasteiger partial charge < -0.3 is 15.1 Å². The predicted molar refractivity (Wildman–Crippen MR) is 83.9 cm³/mol. The van der Waals surface area contributed by atoms with Gasteiger partial charge in [-0.3, -0.25) is 0 Å². The number of aliphatic hydroxyl groups is 1. The number of imidazole rings is 1. The van der Waals surface area contributed by atoms with Crippen LogP contribution in [0.15, 0.2) is 29.1 Å². The van der Waals surface area contributed by atoms with Crippen LogP contribution in [0.25, 0.3) is 11.0 Å². The van der Waals surface area contributed by atoms with E-state index < -0.39 is 6.10 Å². The maximum atomic E-state index is 11.3. The molecule has 21 heavy (non-hydrogen) atoms. The van der Waals surface area contributed by atoms with Gasteiger partial charge in [-0.2, -0.15) is 0 Å². The minimum Gasteiger partial charge on any atom is -0.383 e. The van der Waals surface area contributed by atoms with Crippen LogP contribution in [0.3, 0.4) is 0 Å². The van der Waals surface area contributed by atoms with Crippen LogP contribution in [-0.2, 0) is 12.8 Å². The lowest BCUT2D eigenvalue weighted by Crippen LogP contribution is -1.99. The number of aryl methyl sites for hydroxylation is 2. The van der Waals surface area contributed by atoms with Gasteiger partial charge in [-0.25, -0.2) is 4.79 Å². The number of hydrogen-bond acceptors (Lipinski definition) is 3. The van der Waals surface area contributed by atoms with Crippen molar-refractivity contribution in [2.24, 2.45) is 0 Å². The Labute approximate surface area is 125 Å². The molecule has 2 aromatic heterocycles. The third-order valence-electron chi connectivity index (χ3n) is 4.14. The van der Waals surface area contributed by atoms with Crippen LogP contribution < -0.4 is 5.69 Å². The van der Waals surface area contributed by atoms with Crippen molar-refractivity contribution in [2.75, 3.05) is 0 Å². The van der Waals surface area contributed by atoms with Crippen LogP contribution in [0.5, 0.6) is 0 Å². The Hall–Kier alpha value is -1.85. The molecule has 0 amide bonds. The molecule has 0 spiro atoms. The van der Waals surface area contributed by atoms with Gasteiger partial charge in [0, 0.05) is 9.75 Å². The van der Waals surface area contributed by atoms with Crippen molar-refractivity contribution in [1.82, 2.24) is 9.97 Å². The Kier molecular flexibility index (Phi) is 2.97. The van der Waals surface area contributed by atoms with Crippen LogP contribution >= 0.6 is 11.3 Å². The maximum Gasteiger partial charge on any atom is 0.323 e. The van der Waals surface area contributed by atoms with Crippen LogP contribution in [0.4, 0.5) is 0 Å². The minimum atomic E-state index is -0.622. The minimum absolute atomic E-state index is 0.219. The van der Waals surface area contributed by atoms with Gasteiger partial charge in [-0.15, -0.1) is 11.3 Å². The zero-order chi connectivity index (χ0) is 14.4. The average Bonchev–Trinajstić information content (AvgIpc) is 3.07. The van der Waals surface area contributed by atoms with Gasteiger partial charge in [0.15, 0.2) is 0 Å². The van der Waals surface area contributed by atoms with Gasteiger partial charge in [0.05, 0.1) is 11.0 Å². The van der Waals surface area contributed by atoms with Crippen molar-refractivity contribution in [3.8, 4) is 0 Å². The molecule has 0 saturated heterocycles. The molecule has 1 atom stereocenters. The summed E-state index contributed by atoms with van der Waals surface area (Å²) < 4.78 is 0. The Balaban J connectivity index is 1.73. The fourth-order valence-electron chi connectivity index (χ4n) is 3.03. The van der Waals surface area contributed by atoms with Crippen molar-refractivity contribution in [3.63, 3.8) is 0 Å². The molecule has 0 bridgehead atoms. The molecule has 3 aromatic rings. The molecule has 1 aromatic carbocycles. The highest BCUT2D eigenvalue weighted by atomic mass is 32.1. The fraction of sp³-hybridized carbons (Fsp3) is 0.312. The summed E-state index contributed by atoms with van der Waals surface area (Å²) in [5, 5.41) is 10.6. The third kappa shape index (κ3) is 2.22. The van der Waals surface area contributed by atoms with Crippen molar-refractivity contribution >= 4 is 22.4 Å². The van der Waals surface area contributed by atoms with E-state index in [-0.39, 0.29) is 5.69 Å². The van der Waals surface area contributed by atoms with Crippen molar-refractivity contribution in [3.05, 3.63) is 55.6 Å². The van der Waals surface area contributed by atoms with Crippen LogP contribution in [0.2, 0.25) is 0 Å². The second-order valence-electron chi connectivity index (χ2n) is 5.59. The number of H-pyrrole nitrogens is 2. The maximum absolute atomic E-state index is 11.3. The number of fused-ring (bicyclic) bond motifs is 2. The van der Waals surface area contributed by atoms with Gasteiger partial charge in [-0.05, 0) is 55.0 Å². The summed E-state index contributed by atoms with van der Waals surface area (Å²) in [6.07, 6.45) is 4.14. The van der Waals surface area contributed by atoms with E-state index in [0.29, 0.717) is 0 Å². The smallest absolute Gasteiger partial charge is 0.323 e. The Morgan fingerprint density at radius 1 is 1.10 bits per heavy atom. The van der Waals surface area contributed by atoms with E-state index >= 15 is 0 Å². The van der Waals surface area contributed by atoms with Gasteiger partial charge >= 0.3 is 5.69 Å². The first kappa shape index (κ1) is 12.9. The largest absolute Gasteiger partial charge is 0.383 e. The second-order valence-corrected chi connectivity index (χ2v) is 6.76. The monoisotopic (exact) mass is 300 g/mol. The Bertz CT molecular complexity index is 835. The highest BCUT2D eigenvalue weighted by Gasteiger charge is 2.19. The average molecular weight is 300 g/mol.